The van der Waals surface area contributed by atoms with Crippen LogP contribution in [0, 0.1) is 5.82 Å². The van der Waals surface area contributed by atoms with Crippen LogP contribution in [0.25, 0.3) is 0 Å². The molecule has 102 valence electrons. The van der Waals surface area contributed by atoms with Crippen molar-refractivity contribution in [3.05, 3.63) is 28.5 Å². The van der Waals surface area contributed by atoms with Gasteiger partial charge in [0.25, 0.3) is 0 Å². The first-order valence-corrected chi connectivity index (χ1v) is 6.88. The summed E-state index contributed by atoms with van der Waals surface area (Å²) in [5, 5.41) is -0.0593. The van der Waals surface area contributed by atoms with Crippen LogP contribution in [0.3, 0.4) is 0 Å². The molecule has 8 heteroatoms. The Bertz CT molecular complexity index is 534. The minimum Gasteiger partial charge on any atom is -0.298 e. The molecule has 0 aliphatic carbocycles. The molecule has 0 fully saturated rings. The molecule has 0 amide bonds. The molecular weight excluding hydrogens is 304 g/mol. The summed E-state index contributed by atoms with van der Waals surface area (Å²) in [4.78, 5) is 10.6. The molecule has 0 spiro atoms. The van der Waals surface area contributed by atoms with E-state index in [1.54, 1.807) is 6.92 Å². The van der Waals surface area contributed by atoms with Gasteiger partial charge < -0.3 is 0 Å². The Hall–Kier alpha value is -0.850. The van der Waals surface area contributed by atoms with Gasteiger partial charge in [0.15, 0.2) is 12.1 Å². The fraction of sp³-hybridized carbons (Fsp3) is 0.300. The van der Waals surface area contributed by atoms with Crippen molar-refractivity contribution in [3.63, 3.8) is 0 Å². The third kappa shape index (κ3) is 4.12. The number of sulfonamides is 1. The largest absolute Gasteiger partial charge is 0.298 e. The normalized spacial score (nSPS) is 10.6. The van der Waals surface area contributed by atoms with E-state index in [4.69, 9.17) is 11.6 Å². The zero-order chi connectivity index (χ0) is 13.1. The Morgan fingerprint density at radius 3 is 2.56 bits per heavy atom. The number of carbonyl (C=O) groups excluding carboxylic acids is 1. The van der Waals surface area contributed by atoms with Crippen LogP contribution in [0.15, 0.2) is 12.1 Å². The smallest absolute Gasteiger partial charge is 0.232 e. The van der Waals surface area contributed by atoms with Crippen LogP contribution in [0.2, 0.25) is 5.02 Å². The molecule has 1 aromatic carbocycles. The maximum Gasteiger partial charge on any atom is 0.232 e. The summed E-state index contributed by atoms with van der Waals surface area (Å²) in [5.74, 6) is -1.09. The molecule has 0 aromatic heterocycles. The SMILES string of the molecule is CCCS(=O)(=O)Nc1ccc(Cl)c(C=O)c1F.Cl. The van der Waals surface area contributed by atoms with E-state index >= 15 is 0 Å². The first-order valence-electron chi connectivity index (χ1n) is 4.85. The summed E-state index contributed by atoms with van der Waals surface area (Å²) in [6.07, 6.45) is 0.653. The summed E-state index contributed by atoms with van der Waals surface area (Å²) in [6, 6.07) is 2.44. The zero-order valence-corrected chi connectivity index (χ0v) is 11.8. The third-order valence-corrected chi connectivity index (χ3v) is 3.79. The van der Waals surface area contributed by atoms with Gasteiger partial charge in [-0.25, -0.2) is 12.8 Å². The molecule has 1 aromatic rings. The van der Waals surface area contributed by atoms with Crippen molar-refractivity contribution < 1.29 is 17.6 Å². The predicted octanol–water partition coefficient (Wildman–Crippen LogP) is 2.87. The van der Waals surface area contributed by atoms with Gasteiger partial charge >= 0.3 is 0 Å². The molecule has 0 radical (unpaired) electrons. The van der Waals surface area contributed by atoms with Crippen molar-refractivity contribution in [2.45, 2.75) is 13.3 Å². The lowest BCUT2D eigenvalue weighted by molar-refractivity contribution is 0.112. The summed E-state index contributed by atoms with van der Waals surface area (Å²) in [7, 11) is -3.59. The highest BCUT2D eigenvalue weighted by atomic mass is 35.5. The van der Waals surface area contributed by atoms with E-state index in [0.717, 1.165) is 0 Å². The molecule has 1 N–H and O–H groups in total. The van der Waals surface area contributed by atoms with Crippen LogP contribution in [-0.4, -0.2) is 20.5 Å². The molecule has 0 aliphatic heterocycles. The Balaban J connectivity index is 0.00000289. The van der Waals surface area contributed by atoms with Gasteiger partial charge in [-0.05, 0) is 18.6 Å². The summed E-state index contributed by atoms with van der Waals surface area (Å²) in [5.41, 5.74) is -0.631. The number of anilines is 1. The number of halogens is 3. The summed E-state index contributed by atoms with van der Waals surface area (Å²) < 4.78 is 38.6. The van der Waals surface area contributed by atoms with Gasteiger partial charge in [-0.15, -0.1) is 12.4 Å². The monoisotopic (exact) mass is 315 g/mol. The molecular formula is C10H12Cl2FNO3S. The topological polar surface area (TPSA) is 63.2 Å². The number of aldehydes is 1. The Morgan fingerprint density at radius 1 is 1.44 bits per heavy atom. The molecule has 0 heterocycles. The lowest BCUT2D eigenvalue weighted by atomic mass is 10.2. The summed E-state index contributed by atoms with van der Waals surface area (Å²) >= 11 is 5.59. The predicted molar refractivity (Wildman–Crippen MR) is 71.7 cm³/mol. The second-order valence-electron chi connectivity index (χ2n) is 3.36. The van der Waals surface area contributed by atoms with Crippen molar-refractivity contribution in [1.29, 1.82) is 0 Å². The van der Waals surface area contributed by atoms with E-state index in [2.05, 4.69) is 4.72 Å². The zero-order valence-electron chi connectivity index (χ0n) is 9.44. The Kier molecular flexibility index (Phi) is 6.59. The van der Waals surface area contributed by atoms with Crippen molar-refractivity contribution in [3.8, 4) is 0 Å². The minimum absolute atomic E-state index is 0. The Morgan fingerprint density at radius 2 is 2.06 bits per heavy atom. The van der Waals surface area contributed by atoms with E-state index in [1.807, 2.05) is 0 Å². The van der Waals surface area contributed by atoms with Crippen LogP contribution in [0.5, 0.6) is 0 Å². The minimum atomic E-state index is -3.59. The number of nitrogens with one attached hydrogen (secondary N) is 1. The maximum atomic E-state index is 13.7. The lowest BCUT2D eigenvalue weighted by Crippen LogP contribution is -2.17. The van der Waals surface area contributed by atoms with Gasteiger partial charge in [0.1, 0.15) is 0 Å². The number of carbonyl (C=O) groups is 1. The third-order valence-electron chi connectivity index (χ3n) is 1.98. The van der Waals surface area contributed by atoms with E-state index < -0.39 is 15.8 Å². The van der Waals surface area contributed by atoms with Crippen LogP contribution >= 0.6 is 24.0 Å². The quantitative estimate of drug-likeness (QED) is 0.850. The number of hydrogen-bond acceptors (Lipinski definition) is 3. The molecule has 0 saturated carbocycles. The molecule has 0 saturated heterocycles. The fourth-order valence-electron chi connectivity index (χ4n) is 1.24. The highest BCUT2D eigenvalue weighted by Crippen LogP contribution is 2.24. The van der Waals surface area contributed by atoms with Gasteiger partial charge in [0, 0.05) is 0 Å². The highest BCUT2D eigenvalue weighted by molar-refractivity contribution is 7.92. The molecule has 1 rings (SSSR count). The first kappa shape index (κ1) is 17.2. The second kappa shape index (κ2) is 6.92. The fourth-order valence-corrected chi connectivity index (χ4v) is 2.57. The molecule has 0 bridgehead atoms. The van der Waals surface area contributed by atoms with Gasteiger partial charge in [0.2, 0.25) is 10.0 Å². The van der Waals surface area contributed by atoms with Crippen LogP contribution < -0.4 is 4.72 Å². The molecule has 18 heavy (non-hydrogen) atoms. The van der Waals surface area contributed by atoms with Gasteiger partial charge in [-0.1, -0.05) is 18.5 Å². The average Bonchev–Trinajstić information content (AvgIpc) is 2.23. The van der Waals surface area contributed by atoms with E-state index in [0.29, 0.717) is 6.42 Å². The van der Waals surface area contributed by atoms with E-state index in [9.17, 15) is 17.6 Å². The number of benzene rings is 1. The van der Waals surface area contributed by atoms with Gasteiger partial charge in [-0.3, -0.25) is 9.52 Å². The number of hydrogen-bond donors (Lipinski definition) is 1. The first-order chi connectivity index (χ1) is 7.91. The maximum absolute atomic E-state index is 13.7. The Labute approximate surface area is 116 Å². The van der Waals surface area contributed by atoms with Crippen molar-refractivity contribution in [1.82, 2.24) is 0 Å². The van der Waals surface area contributed by atoms with E-state index in [1.165, 1.54) is 12.1 Å². The number of rotatable bonds is 5. The van der Waals surface area contributed by atoms with Crippen LogP contribution in [0.4, 0.5) is 10.1 Å². The molecule has 4 nitrogen and oxygen atoms in total. The molecule has 0 atom stereocenters. The van der Waals surface area contributed by atoms with Crippen LogP contribution in [-0.2, 0) is 10.0 Å². The standard InChI is InChI=1S/C10H11ClFNO3S.ClH/c1-2-5-17(15,16)13-9-4-3-8(11)7(6-14)10(9)12;/h3-4,6,13H,2,5H2,1H3;1H. The van der Waals surface area contributed by atoms with Gasteiger partial charge in [0.05, 0.1) is 22.0 Å². The van der Waals surface area contributed by atoms with Crippen molar-refractivity contribution >= 4 is 46.0 Å². The highest BCUT2D eigenvalue weighted by Gasteiger charge is 2.16. The molecule has 0 unspecified atom stereocenters. The second-order valence-corrected chi connectivity index (χ2v) is 5.61. The van der Waals surface area contributed by atoms with Crippen molar-refractivity contribution in [2.75, 3.05) is 10.5 Å². The average molecular weight is 316 g/mol. The molecule has 0 aliphatic rings. The van der Waals surface area contributed by atoms with Crippen molar-refractivity contribution in [2.24, 2.45) is 0 Å². The lowest BCUT2D eigenvalue weighted by Gasteiger charge is -2.09. The van der Waals surface area contributed by atoms with Gasteiger partial charge in [-0.2, -0.15) is 0 Å². The van der Waals surface area contributed by atoms with E-state index in [-0.39, 0.29) is 40.7 Å². The van der Waals surface area contributed by atoms with Crippen LogP contribution in [0.1, 0.15) is 23.7 Å². The summed E-state index contributed by atoms with van der Waals surface area (Å²) in [6.45, 7) is 1.69.